The summed E-state index contributed by atoms with van der Waals surface area (Å²) in [5.41, 5.74) is 0.527. The molecule has 1 aromatic heterocycles. The Morgan fingerprint density at radius 2 is 2.05 bits per heavy atom. The molecule has 5 heteroatoms. The molecule has 1 heterocycles. The molecule has 0 spiro atoms. The number of rotatable bonds is 2. The Morgan fingerprint density at radius 1 is 1.26 bits per heavy atom. The van der Waals surface area contributed by atoms with Crippen molar-refractivity contribution in [3.05, 3.63) is 24.5 Å². The van der Waals surface area contributed by atoms with Crippen LogP contribution in [0.15, 0.2) is 24.5 Å². The molecule has 2 unspecified atom stereocenters. The summed E-state index contributed by atoms with van der Waals surface area (Å²) in [7, 11) is 0. The quantitative estimate of drug-likeness (QED) is 0.796. The van der Waals surface area contributed by atoms with Gasteiger partial charge < -0.3 is 10.6 Å². The lowest BCUT2D eigenvalue weighted by atomic mass is 9.86. The van der Waals surface area contributed by atoms with Crippen molar-refractivity contribution < 1.29 is 9.59 Å². The molecule has 0 radical (unpaired) electrons. The zero-order chi connectivity index (χ0) is 13.7. The maximum atomic E-state index is 11.8. The van der Waals surface area contributed by atoms with Gasteiger partial charge in [-0.25, -0.2) is 0 Å². The minimum atomic E-state index is -0.634. The van der Waals surface area contributed by atoms with Gasteiger partial charge in [-0.3, -0.25) is 14.6 Å². The van der Waals surface area contributed by atoms with Crippen LogP contribution in [0.3, 0.4) is 0 Å². The van der Waals surface area contributed by atoms with Crippen LogP contribution in [0.5, 0.6) is 0 Å². The van der Waals surface area contributed by atoms with Gasteiger partial charge in [-0.1, -0.05) is 19.8 Å². The van der Waals surface area contributed by atoms with Crippen LogP contribution in [0, 0.1) is 5.92 Å². The molecule has 102 valence electrons. The molecule has 2 N–H and O–H groups in total. The van der Waals surface area contributed by atoms with Crippen LogP contribution in [-0.2, 0) is 9.59 Å². The predicted octanol–water partition coefficient (Wildman–Crippen LogP) is 1.71. The number of nitrogens with zero attached hydrogens (tertiary/aromatic N) is 1. The molecular weight excluding hydrogens is 242 g/mol. The summed E-state index contributed by atoms with van der Waals surface area (Å²) in [5.74, 6) is -0.766. The van der Waals surface area contributed by atoms with E-state index in [1.807, 2.05) is 0 Å². The molecule has 0 aliphatic heterocycles. The fourth-order valence-corrected chi connectivity index (χ4v) is 2.39. The molecule has 2 amide bonds. The van der Waals surface area contributed by atoms with E-state index in [2.05, 4.69) is 22.5 Å². The second-order valence-electron chi connectivity index (χ2n) is 5.04. The monoisotopic (exact) mass is 261 g/mol. The van der Waals surface area contributed by atoms with Gasteiger partial charge in [0.25, 0.3) is 0 Å². The van der Waals surface area contributed by atoms with Crippen molar-refractivity contribution in [2.45, 2.75) is 38.6 Å². The highest BCUT2D eigenvalue weighted by Gasteiger charge is 2.25. The molecule has 2 atom stereocenters. The third-order valence-electron chi connectivity index (χ3n) is 3.55. The molecule has 1 saturated carbocycles. The highest BCUT2D eigenvalue weighted by Crippen LogP contribution is 2.23. The molecule has 1 aromatic rings. The van der Waals surface area contributed by atoms with E-state index >= 15 is 0 Å². The fourth-order valence-electron chi connectivity index (χ4n) is 2.39. The van der Waals surface area contributed by atoms with Gasteiger partial charge in [-0.15, -0.1) is 0 Å². The molecular formula is C14H19N3O2. The number of hydrogen-bond acceptors (Lipinski definition) is 3. The van der Waals surface area contributed by atoms with Gasteiger partial charge >= 0.3 is 11.8 Å². The van der Waals surface area contributed by atoms with Gasteiger partial charge in [0.1, 0.15) is 0 Å². The highest BCUT2D eigenvalue weighted by molar-refractivity contribution is 6.39. The first-order chi connectivity index (χ1) is 9.16. The molecule has 19 heavy (non-hydrogen) atoms. The second-order valence-corrected chi connectivity index (χ2v) is 5.04. The molecule has 0 aromatic carbocycles. The first-order valence-electron chi connectivity index (χ1n) is 6.68. The largest absolute Gasteiger partial charge is 0.345 e. The van der Waals surface area contributed by atoms with Gasteiger partial charge in [-0.2, -0.15) is 0 Å². The fraction of sp³-hybridized carbons (Fsp3) is 0.500. The topological polar surface area (TPSA) is 71.1 Å². The molecule has 1 aliphatic rings. The van der Waals surface area contributed by atoms with E-state index in [9.17, 15) is 9.59 Å². The van der Waals surface area contributed by atoms with E-state index in [1.165, 1.54) is 12.6 Å². The van der Waals surface area contributed by atoms with Gasteiger partial charge in [0.15, 0.2) is 0 Å². The number of anilines is 1. The average molecular weight is 261 g/mol. The first-order valence-corrected chi connectivity index (χ1v) is 6.68. The smallest absolute Gasteiger partial charge is 0.313 e. The number of hydrogen-bond donors (Lipinski definition) is 2. The van der Waals surface area contributed by atoms with Gasteiger partial charge in [-0.05, 0) is 30.9 Å². The van der Waals surface area contributed by atoms with Crippen molar-refractivity contribution in [1.29, 1.82) is 0 Å². The number of aromatic nitrogens is 1. The second kappa shape index (κ2) is 6.31. The average Bonchev–Trinajstić information content (AvgIpc) is 2.42. The van der Waals surface area contributed by atoms with E-state index in [0.29, 0.717) is 11.6 Å². The summed E-state index contributed by atoms with van der Waals surface area (Å²) in [6, 6.07) is 3.51. The van der Waals surface area contributed by atoms with Crippen LogP contribution >= 0.6 is 0 Å². The van der Waals surface area contributed by atoms with Crippen LogP contribution in [0.1, 0.15) is 32.6 Å². The SMILES string of the molecule is CC1CCCCC1NC(=O)C(=O)Nc1cccnc1. The van der Waals surface area contributed by atoms with Crippen molar-refractivity contribution in [3.8, 4) is 0 Å². The minimum Gasteiger partial charge on any atom is -0.345 e. The van der Waals surface area contributed by atoms with Crippen molar-refractivity contribution in [3.63, 3.8) is 0 Å². The van der Waals surface area contributed by atoms with Gasteiger partial charge in [0, 0.05) is 12.2 Å². The van der Waals surface area contributed by atoms with Crippen molar-refractivity contribution in [1.82, 2.24) is 10.3 Å². The summed E-state index contributed by atoms with van der Waals surface area (Å²) in [4.78, 5) is 27.4. The third kappa shape index (κ3) is 3.77. The number of carbonyl (C=O) groups excluding carboxylic acids is 2. The van der Waals surface area contributed by atoms with Crippen LogP contribution in [0.25, 0.3) is 0 Å². The summed E-state index contributed by atoms with van der Waals surface area (Å²) in [6.07, 6.45) is 7.49. The lowest BCUT2D eigenvalue weighted by molar-refractivity contribution is -0.137. The minimum absolute atomic E-state index is 0.112. The standard InChI is InChI=1S/C14H19N3O2/c1-10-5-2-3-7-12(10)17-14(19)13(18)16-11-6-4-8-15-9-11/h4,6,8-10,12H,2-3,5,7H2,1H3,(H,16,18)(H,17,19). The Hall–Kier alpha value is -1.91. The Morgan fingerprint density at radius 3 is 2.74 bits per heavy atom. The molecule has 0 saturated heterocycles. The highest BCUT2D eigenvalue weighted by atomic mass is 16.2. The summed E-state index contributed by atoms with van der Waals surface area (Å²) >= 11 is 0. The Balaban J connectivity index is 1.87. The van der Waals surface area contributed by atoms with Crippen LogP contribution in [0.4, 0.5) is 5.69 Å². The zero-order valence-electron chi connectivity index (χ0n) is 11.1. The molecule has 2 rings (SSSR count). The van der Waals surface area contributed by atoms with E-state index in [0.717, 1.165) is 19.3 Å². The Kier molecular flexibility index (Phi) is 4.49. The molecule has 1 aliphatic carbocycles. The summed E-state index contributed by atoms with van der Waals surface area (Å²) in [6.45, 7) is 2.11. The first kappa shape index (κ1) is 13.5. The lowest BCUT2D eigenvalue weighted by Gasteiger charge is -2.29. The predicted molar refractivity (Wildman–Crippen MR) is 72.4 cm³/mol. The third-order valence-corrected chi connectivity index (χ3v) is 3.55. The number of carbonyl (C=O) groups is 2. The van der Waals surface area contributed by atoms with Crippen LogP contribution < -0.4 is 10.6 Å². The van der Waals surface area contributed by atoms with Crippen molar-refractivity contribution >= 4 is 17.5 Å². The summed E-state index contributed by atoms with van der Waals surface area (Å²) in [5, 5.41) is 5.35. The van der Waals surface area contributed by atoms with Crippen LogP contribution in [-0.4, -0.2) is 22.8 Å². The molecule has 1 fully saturated rings. The molecule has 0 bridgehead atoms. The zero-order valence-corrected chi connectivity index (χ0v) is 11.1. The maximum absolute atomic E-state index is 11.8. The van der Waals surface area contributed by atoms with Crippen molar-refractivity contribution in [2.75, 3.05) is 5.32 Å². The van der Waals surface area contributed by atoms with Gasteiger partial charge in [0.2, 0.25) is 0 Å². The Bertz CT molecular complexity index is 447. The summed E-state index contributed by atoms with van der Waals surface area (Å²) < 4.78 is 0. The number of nitrogens with one attached hydrogen (secondary N) is 2. The Labute approximate surface area is 112 Å². The van der Waals surface area contributed by atoms with E-state index < -0.39 is 11.8 Å². The van der Waals surface area contributed by atoms with E-state index in [4.69, 9.17) is 0 Å². The van der Waals surface area contributed by atoms with Crippen molar-refractivity contribution in [2.24, 2.45) is 5.92 Å². The number of amides is 2. The van der Waals surface area contributed by atoms with E-state index in [1.54, 1.807) is 18.3 Å². The van der Waals surface area contributed by atoms with Gasteiger partial charge in [0.05, 0.1) is 11.9 Å². The lowest BCUT2D eigenvalue weighted by Crippen LogP contribution is -2.45. The van der Waals surface area contributed by atoms with E-state index in [-0.39, 0.29) is 6.04 Å². The maximum Gasteiger partial charge on any atom is 0.313 e. The molecule has 5 nitrogen and oxygen atoms in total. The number of pyridine rings is 1. The normalized spacial score (nSPS) is 22.6. The van der Waals surface area contributed by atoms with Crippen LogP contribution in [0.2, 0.25) is 0 Å².